The number of amides is 2. The van der Waals surface area contributed by atoms with E-state index in [1.807, 2.05) is 49.4 Å². The van der Waals surface area contributed by atoms with Gasteiger partial charge in [0.1, 0.15) is 11.9 Å². The number of pyridine rings is 1. The van der Waals surface area contributed by atoms with Crippen LogP contribution in [0.4, 0.5) is 0 Å². The molecule has 1 aromatic carbocycles. The number of benzene rings is 1. The molecule has 3 heterocycles. The van der Waals surface area contributed by atoms with Crippen molar-refractivity contribution in [2.45, 2.75) is 26.0 Å². The molecule has 0 spiro atoms. The summed E-state index contributed by atoms with van der Waals surface area (Å²) >= 11 is 0. The summed E-state index contributed by atoms with van der Waals surface area (Å²) in [6, 6.07) is 13.6. The molecule has 0 bridgehead atoms. The summed E-state index contributed by atoms with van der Waals surface area (Å²) in [5, 5.41) is 0. The third-order valence-electron chi connectivity index (χ3n) is 5.09. The first-order chi connectivity index (χ1) is 13.1. The molecule has 140 valence electrons. The monoisotopic (exact) mass is 365 g/mol. The number of ether oxygens (including phenoxy) is 1. The van der Waals surface area contributed by atoms with Gasteiger partial charge in [0.25, 0.3) is 0 Å². The maximum absolute atomic E-state index is 12.7. The Kier molecular flexibility index (Phi) is 4.79. The molecule has 2 aliphatic rings. The van der Waals surface area contributed by atoms with Crippen molar-refractivity contribution in [1.82, 2.24) is 14.8 Å². The minimum atomic E-state index is -0.263. The van der Waals surface area contributed by atoms with Crippen LogP contribution in [0.15, 0.2) is 48.7 Å². The molecule has 0 unspecified atom stereocenters. The molecule has 1 aromatic heterocycles. The summed E-state index contributed by atoms with van der Waals surface area (Å²) in [6.45, 7) is 4.11. The molecular weight excluding hydrogens is 342 g/mol. The third-order valence-corrected chi connectivity index (χ3v) is 5.09. The van der Waals surface area contributed by atoms with E-state index in [9.17, 15) is 9.59 Å². The summed E-state index contributed by atoms with van der Waals surface area (Å²) in [5.74, 6) is 0.647. The van der Waals surface area contributed by atoms with Crippen LogP contribution >= 0.6 is 0 Å². The lowest BCUT2D eigenvalue weighted by atomic mass is 10.0. The van der Waals surface area contributed by atoms with E-state index >= 15 is 0 Å². The van der Waals surface area contributed by atoms with Crippen molar-refractivity contribution in [3.63, 3.8) is 0 Å². The minimum absolute atomic E-state index is 0.0205. The van der Waals surface area contributed by atoms with E-state index in [4.69, 9.17) is 4.74 Å². The summed E-state index contributed by atoms with van der Waals surface area (Å²) in [6.07, 6.45) is 2.02. The number of hydrogen-bond acceptors (Lipinski definition) is 4. The molecule has 2 aromatic rings. The van der Waals surface area contributed by atoms with E-state index < -0.39 is 0 Å². The SMILES string of the molecule is Cc1cccc(OC2CN(C(=O)[C@@H]3CC(=O)N(Cc4ccccn4)C3)C2)c1. The highest BCUT2D eigenvalue weighted by Gasteiger charge is 2.41. The highest BCUT2D eigenvalue weighted by atomic mass is 16.5. The number of carbonyl (C=O) groups is 2. The fourth-order valence-electron chi connectivity index (χ4n) is 3.61. The van der Waals surface area contributed by atoms with Gasteiger partial charge in [-0.05, 0) is 36.8 Å². The lowest BCUT2D eigenvalue weighted by molar-refractivity contribution is -0.144. The second kappa shape index (κ2) is 7.39. The first kappa shape index (κ1) is 17.5. The van der Waals surface area contributed by atoms with Gasteiger partial charge in [-0.1, -0.05) is 18.2 Å². The average molecular weight is 365 g/mol. The van der Waals surface area contributed by atoms with Gasteiger partial charge >= 0.3 is 0 Å². The van der Waals surface area contributed by atoms with Gasteiger partial charge in [-0.2, -0.15) is 0 Å². The van der Waals surface area contributed by atoms with E-state index in [0.29, 0.717) is 26.2 Å². The number of aryl methyl sites for hydroxylation is 1. The van der Waals surface area contributed by atoms with Crippen LogP contribution in [-0.2, 0) is 16.1 Å². The lowest BCUT2D eigenvalue weighted by Crippen LogP contribution is -2.57. The van der Waals surface area contributed by atoms with E-state index in [1.165, 1.54) is 0 Å². The Balaban J connectivity index is 1.28. The molecule has 0 aliphatic carbocycles. The molecule has 0 N–H and O–H groups in total. The smallest absolute Gasteiger partial charge is 0.228 e. The van der Waals surface area contributed by atoms with Crippen molar-refractivity contribution in [3.8, 4) is 5.75 Å². The summed E-state index contributed by atoms with van der Waals surface area (Å²) < 4.78 is 5.92. The normalized spacial score (nSPS) is 19.9. The highest BCUT2D eigenvalue weighted by molar-refractivity contribution is 5.89. The summed E-state index contributed by atoms with van der Waals surface area (Å²) in [7, 11) is 0. The quantitative estimate of drug-likeness (QED) is 0.813. The zero-order chi connectivity index (χ0) is 18.8. The predicted octanol–water partition coefficient (Wildman–Crippen LogP) is 2.03. The number of likely N-dealkylation sites (tertiary alicyclic amines) is 2. The van der Waals surface area contributed by atoms with Gasteiger partial charge in [-0.3, -0.25) is 14.6 Å². The van der Waals surface area contributed by atoms with Crippen LogP contribution < -0.4 is 4.74 Å². The second-order valence-electron chi connectivity index (χ2n) is 7.30. The lowest BCUT2D eigenvalue weighted by Gasteiger charge is -2.40. The Morgan fingerprint density at radius 3 is 2.78 bits per heavy atom. The topological polar surface area (TPSA) is 62.7 Å². The molecule has 0 radical (unpaired) electrons. The molecule has 2 saturated heterocycles. The van der Waals surface area contributed by atoms with Gasteiger partial charge in [0.2, 0.25) is 11.8 Å². The number of rotatable bonds is 5. The number of hydrogen-bond donors (Lipinski definition) is 0. The molecule has 6 nitrogen and oxygen atoms in total. The van der Waals surface area contributed by atoms with Gasteiger partial charge in [0, 0.05) is 19.2 Å². The summed E-state index contributed by atoms with van der Waals surface area (Å²) in [4.78, 5) is 32.7. The number of carbonyl (C=O) groups excluding carboxylic acids is 2. The van der Waals surface area contributed by atoms with Gasteiger partial charge in [-0.15, -0.1) is 0 Å². The first-order valence-electron chi connectivity index (χ1n) is 9.28. The Bertz CT molecular complexity index is 834. The Morgan fingerprint density at radius 1 is 1.19 bits per heavy atom. The van der Waals surface area contributed by atoms with Gasteiger partial charge in [0.05, 0.1) is 31.2 Å². The van der Waals surface area contributed by atoms with E-state index in [0.717, 1.165) is 17.0 Å². The van der Waals surface area contributed by atoms with Crippen molar-refractivity contribution in [2.75, 3.05) is 19.6 Å². The molecular formula is C21H23N3O3. The number of nitrogens with zero attached hydrogens (tertiary/aromatic N) is 3. The van der Waals surface area contributed by atoms with E-state index in [1.54, 1.807) is 16.0 Å². The molecule has 6 heteroatoms. The Hall–Kier alpha value is -2.89. The Morgan fingerprint density at radius 2 is 2.04 bits per heavy atom. The maximum Gasteiger partial charge on any atom is 0.228 e. The van der Waals surface area contributed by atoms with Crippen molar-refractivity contribution >= 4 is 11.8 Å². The van der Waals surface area contributed by atoms with E-state index in [2.05, 4.69) is 4.98 Å². The minimum Gasteiger partial charge on any atom is -0.487 e. The molecule has 27 heavy (non-hydrogen) atoms. The zero-order valence-electron chi connectivity index (χ0n) is 15.4. The fraction of sp³-hybridized carbons (Fsp3) is 0.381. The van der Waals surface area contributed by atoms with Crippen molar-refractivity contribution in [3.05, 3.63) is 59.9 Å². The average Bonchev–Trinajstić information content (AvgIpc) is 2.99. The van der Waals surface area contributed by atoms with Crippen LogP contribution in [0.5, 0.6) is 5.75 Å². The van der Waals surface area contributed by atoms with Gasteiger partial charge in [-0.25, -0.2) is 0 Å². The van der Waals surface area contributed by atoms with Gasteiger partial charge in [0.15, 0.2) is 0 Å². The zero-order valence-corrected chi connectivity index (χ0v) is 15.4. The number of aromatic nitrogens is 1. The second-order valence-corrected chi connectivity index (χ2v) is 7.30. The highest BCUT2D eigenvalue weighted by Crippen LogP contribution is 2.25. The largest absolute Gasteiger partial charge is 0.487 e. The first-order valence-corrected chi connectivity index (χ1v) is 9.28. The van der Waals surface area contributed by atoms with Gasteiger partial charge < -0.3 is 14.5 Å². The molecule has 2 fully saturated rings. The van der Waals surface area contributed by atoms with Crippen molar-refractivity contribution < 1.29 is 14.3 Å². The molecule has 2 aliphatic heterocycles. The van der Waals surface area contributed by atoms with Crippen LogP contribution in [0.2, 0.25) is 0 Å². The van der Waals surface area contributed by atoms with Crippen molar-refractivity contribution in [2.24, 2.45) is 5.92 Å². The van der Waals surface area contributed by atoms with E-state index in [-0.39, 0.29) is 30.3 Å². The third kappa shape index (κ3) is 3.94. The van der Waals surface area contributed by atoms with Crippen molar-refractivity contribution in [1.29, 1.82) is 0 Å². The molecule has 0 saturated carbocycles. The molecule has 1 atom stereocenters. The van der Waals surface area contributed by atoms with Crippen LogP contribution in [0.1, 0.15) is 17.7 Å². The fourth-order valence-corrected chi connectivity index (χ4v) is 3.61. The maximum atomic E-state index is 12.7. The predicted molar refractivity (Wildman–Crippen MR) is 99.9 cm³/mol. The van der Waals surface area contributed by atoms with Crippen LogP contribution in [0.3, 0.4) is 0 Å². The molecule has 4 rings (SSSR count). The standard InChI is InChI=1S/C21H23N3O3/c1-15-5-4-7-18(9-15)27-19-13-24(14-19)21(26)16-10-20(25)23(11-16)12-17-6-2-3-8-22-17/h2-9,16,19H,10-14H2,1H3/t16-/m1/s1. The van der Waals surface area contributed by atoms with Crippen LogP contribution in [-0.4, -0.2) is 52.3 Å². The molecule has 2 amide bonds. The van der Waals surface area contributed by atoms with Crippen LogP contribution in [0, 0.1) is 12.8 Å². The Labute approximate surface area is 158 Å². The van der Waals surface area contributed by atoms with Crippen LogP contribution in [0.25, 0.3) is 0 Å². The summed E-state index contributed by atoms with van der Waals surface area (Å²) in [5.41, 5.74) is 1.99.